The third-order valence-corrected chi connectivity index (χ3v) is 6.42. The lowest BCUT2D eigenvalue weighted by Crippen LogP contribution is -2.50. The first-order chi connectivity index (χ1) is 17.1. The van der Waals surface area contributed by atoms with Gasteiger partial charge in [0.15, 0.2) is 22.8 Å². The van der Waals surface area contributed by atoms with E-state index in [9.17, 15) is 4.79 Å². The molecule has 5 rings (SSSR count). The minimum absolute atomic E-state index is 0.226. The number of halogens is 1. The number of amides is 1. The van der Waals surface area contributed by atoms with Crippen LogP contribution in [-0.4, -0.2) is 28.9 Å². The molecule has 2 aliphatic rings. The summed E-state index contributed by atoms with van der Waals surface area (Å²) in [6.07, 6.45) is 1.25. The number of nitrogens with one attached hydrogen (secondary N) is 1. The van der Waals surface area contributed by atoms with Crippen molar-refractivity contribution in [1.82, 2.24) is 10.3 Å². The molecule has 1 N–H and O–H groups in total. The molecule has 9 heteroatoms. The van der Waals surface area contributed by atoms with Crippen LogP contribution in [0.2, 0.25) is 5.02 Å². The van der Waals surface area contributed by atoms with Crippen molar-refractivity contribution in [3.63, 3.8) is 0 Å². The predicted molar refractivity (Wildman–Crippen MR) is 138 cm³/mol. The maximum atomic E-state index is 13.1. The quantitative estimate of drug-likeness (QED) is 0.550. The molecule has 0 spiro atoms. The lowest BCUT2D eigenvalue weighted by Gasteiger charge is -2.34. The van der Waals surface area contributed by atoms with Gasteiger partial charge in [-0.2, -0.15) is 0 Å². The van der Waals surface area contributed by atoms with Gasteiger partial charge in [0.05, 0.1) is 17.0 Å². The first-order valence-corrected chi connectivity index (χ1v) is 12.7. The van der Waals surface area contributed by atoms with Gasteiger partial charge < -0.3 is 9.47 Å². The fourth-order valence-corrected chi connectivity index (χ4v) is 4.64. The van der Waals surface area contributed by atoms with Gasteiger partial charge in [0.25, 0.3) is 5.91 Å². The van der Waals surface area contributed by atoms with Crippen LogP contribution in [0.5, 0.6) is 11.5 Å². The Kier molecular flexibility index (Phi) is 6.66. The highest BCUT2D eigenvalue weighted by Crippen LogP contribution is 2.41. The van der Waals surface area contributed by atoms with E-state index in [0.29, 0.717) is 46.0 Å². The van der Waals surface area contributed by atoms with Crippen molar-refractivity contribution in [2.45, 2.75) is 19.7 Å². The number of rotatable bonds is 6. The SMILES string of the molecule is CCOc1cc(C2N=c3ccccc3=C3C(=O)NC(SC)=NN32)cc(Cl)c1OCc1ccccc1. The van der Waals surface area contributed by atoms with Gasteiger partial charge in [0.1, 0.15) is 12.3 Å². The lowest BCUT2D eigenvalue weighted by atomic mass is 10.1. The Morgan fingerprint density at radius 1 is 1.09 bits per heavy atom. The number of carbonyl (C=O) groups is 1. The number of nitrogens with zero attached hydrogens (tertiary/aromatic N) is 3. The number of thioether (sulfide) groups is 1. The normalized spacial score (nSPS) is 16.5. The van der Waals surface area contributed by atoms with Gasteiger partial charge in [-0.3, -0.25) is 15.1 Å². The van der Waals surface area contributed by atoms with Gasteiger partial charge in [0, 0.05) is 10.8 Å². The standard InChI is InChI=1S/C26H23ClN4O3S/c1-3-33-21-14-17(13-19(27)23(21)34-15-16-9-5-4-6-10-16)24-28-20-12-8-7-11-18(20)22-25(32)29-26(35-2)30-31(22)24/h4-14,24H,3,15H2,1-2H3,(H,29,30,32). The smallest absolute Gasteiger partial charge is 0.276 e. The van der Waals surface area contributed by atoms with Crippen molar-refractivity contribution in [1.29, 1.82) is 0 Å². The number of hydrazone groups is 1. The second kappa shape index (κ2) is 10.0. The Morgan fingerprint density at radius 2 is 1.86 bits per heavy atom. The van der Waals surface area contributed by atoms with E-state index >= 15 is 0 Å². The van der Waals surface area contributed by atoms with E-state index in [2.05, 4.69) is 10.4 Å². The molecular formula is C26H23ClN4O3S. The average molecular weight is 507 g/mol. The molecule has 178 valence electrons. The Balaban J connectivity index is 1.59. The Morgan fingerprint density at radius 3 is 2.63 bits per heavy atom. The molecule has 2 aliphatic heterocycles. The maximum absolute atomic E-state index is 13.1. The number of hydrogen-bond acceptors (Lipinski definition) is 7. The number of carbonyl (C=O) groups excluding carboxylic acids is 1. The first kappa shape index (κ1) is 23.3. The molecule has 0 saturated carbocycles. The van der Waals surface area contributed by atoms with Crippen molar-refractivity contribution < 1.29 is 14.3 Å². The van der Waals surface area contributed by atoms with Crippen molar-refractivity contribution in [2.75, 3.05) is 12.9 Å². The van der Waals surface area contributed by atoms with Crippen LogP contribution in [0.4, 0.5) is 0 Å². The Bertz CT molecular complexity index is 1430. The molecule has 3 aromatic carbocycles. The van der Waals surface area contributed by atoms with E-state index in [0.717, 1.165) is 16.3 Å². The van der Waals surface area contributed by atoms with Gasteiger partial charge in [-0.15, -0.1) is 5.10 Å². The molecule has 0 aromatic heterocycles. The van der Waals surface area contributed by atoms with E-state index in [1.165, 1.54) is 11.8 Å². The molecule has 0 fully saturated rings. The average Bonchev–Trinajstić information content (AvgIpc) is 2.88. The molecular weight excluding hydrogens is 484 g/mol. The maximum Gasteiger partial charge on any atom is 0.276 e. The van der Waals surface area contributed by atoms with Gasteiger partial charge in [-0.05, 0) is 36.9 Å². The zero-order valence-electron chi connectivity index (χ0n) is 19.2. The van der Waals surface area contributed by atoms with Gasteiger partial charge in [0.2, 0.25) is 0 Å². The van der Waals surface area contributed by atoms with Crippen LogP contribution in [0.15, 0.2) is 76.8 Å². The number of hydrogen-bond donors (Lipinski definition) is 1. The van der Waals surface area contributed by atoms with E-state index in [1.807, 2.05) is 73.8 Å². The summed E-state index contributed by atoms with van der Waals surface area (Å²) >= 11 is 8.08. The predicted octanol–water partition coefficient (Wildman–Crippen LogP) is 3.82. The highest BCUT2D eigenvalue weighted by atomic mass is 35.5. The number of benzene rings is 3. The summed E-state index contributed by atoms with van der Waals surface area (Å²) in [7, 11) is 0. The third-order valence-electron chi connectivity index (χ3n) is 5.56. The summed E-state index contributed by atoms with van der Waals surface area (Å²) in [5.41, 5.74) is 2.19. The molecule has 7 nitrogen and oxygen atoms in total. The molecule has 0 saturated heterocycles. The summed E-state index contributed by atoms with van der Waals surface area (Å²) in [4.78, 5) is 18.0. The minimum Gasteiger partial charge on any atom is -0.490 e. The number of fused-ring (bicyclic) bond motifs is 2. The fourth-order valence-electron chi connectivity index (χ4n) is 4.01. The van der Waals surface area contributed by atoms with E-state index in [1.54, 1.807) is 11.1 Å². The van der Waals surface area contributed by atoms with Crippen LogP contribution < -0.4 is 25.4 Å². The molecule has 0 aliphatic carbocycles. The summed E-state index contributed by atoms with van der Waals surface area (Å²) in [5, 5.41) is 11.5. The van der Waals surface area contributed by atoms with Crippen LogP contribution in [0.1, 0.15) is 24.2 Å². The monoisotopic (exact) mass is 506 g/mol. The van der Waals surface area contributed by atoms with Gasteiger partial charge >= 0.3 is 0 Å². The van der Waals surface area contributed by atoms with Crippen LogP contribution in [-0.2, 0) is 11.4 Å². The summed E-state index contributed by atoms with van der Waals surface area (Å²) in [5.74, 6) is 0.749. The summed E-state index contributed by atoms with van der Waals surface area (Å²) in [6, 6.07) is 21.0. The molecule has 1 amide bonds. The Labute approximate surface area is 212 Å². The van der Waals surface area contributed by atoms with Gasteiger partial charge in [-0.25, -0.2) is 5.01 Å². The molecule has 2 heterocycles. The zero-order valence-corrected chi connectivity index (χ0v) is 20.8. The van der Waals surface area contributed by atoms with E-state index in [4.69, 9.17) is 26.1 Å². The topological polar surface area (TPSA) is 75.5 Å². The van der Waals surface area contributed by atoms with Crippen molar-refractivity contribution in [2.24, 2.45) is 10.1 Å². The molecule has 0 bridgehead atoms. The lowest BCUT2D eigenvalue weighted by molar-refractivity contribution is -0.116. The van der Waals surface area contributed by atoms with Crippen molar-refractivity contribution >= 4 is 40.1 Å². The Hall–Kier alpha value is -3.49. The van der Waals surface area contributed by atoms with Crippen LogP contribution in [0.3, 0.4) is 0 Å². The molecule has 0 radical (unpaired) electrons. The second-order valence-corrected chi connectivity index (χ2v) is 9.02. The summed E-state index contributed by atoms with van der Waals surface area (Å²) in [6.45, 7) is 2.69. The first-order valence-electron chi connectivity index (χ1n) is 11.1. The van der Waals surface area contributed by atoms with Crippen LogP contribution >= 0.6 is 23.4 Å². The van der Waals surface area contributed by atoms with E-state index < -0.39 is 6.17 Å². The zero-order chi connectivity index (χ0) is 24.4. The van der Waals surface area contributed by atoms with E-state index in [-0.39, 0.29) is 5.91 Å². The van der Waals surface area contributed by atoms with Crippen molar-refractivity contribution in [3.05, 3.63) is 93.5 Å². The fraction of sp³-hybridized carbons (Fsp3) is 0.192. The van der Waals surface area contributed by atoms with Crippen molar-refractivity contribution in [3.8, 4) is 11.5 Å². The third kappa shape index (κ3) is 4.59. The largest absolute Gasteiger partial charge is 0.490 e. The van der Waals surface area contributed by atoms with Crippen LogP contribution in [0, 0.1) is 0 Å². The molecule has 35 heavy (non-hydrogen) atoms. The summed E-state index contributed by atoms with van der Waals surface area (Å²) < 4.78 is 12.0. The minimum atomic E-state index is -0.604. The second-order valence-electron chi connectivity index (χ2n) is 7.81. The molecule has 1 unspecified atom stereocenters. The number of ether oxygens (including phenoxy) is 2. The highest BCUT2D eigenvalue weighted by molar-refractivity contribution is 8.13. The van der Waals surface area contributed by atoms with Crippen LogP contribution in [0.25, 0.3) is 5.70 Å². The number of amidine groups is 1. The molecule has 1 atom stereocenters. The van der Waals surface area contributed by atoms with Gasteiger partial charge in [-0.1, -0.05) is 71.9 Å². The number of para-hydroxylation sites is 1. The highest BCUT2D eigenvalue weighted by Gasteiger charge is 2.35. The molecule has 3 aromatic rings.